The van der Waals surface area contributed by atoms with Crippen molar-refractivity contribution in [3.63, 3.8) is 0 Å². The molecular formula is C14H18N2O4. The Kier molecular flexibility index (Phi) is 6.22. The second-order valence-corrected chi connectivity index (χ2v) is 4.37. The van der Waals surface area contributed by atoms with Gasteiger partial charge in [0, 0.05) is 32.0 Å². The second-order valence-electron chi connectivity index (χ2n) is 4.37. The van der Waals surface area contributed by atoms with Gasteiger partial charge in [-0.15, -0.1) is 0 Å². The highest BCUT2D eigenvalue weighted by atomic mass is 16.4. The molecular weight excluding hydrogens is 260 g/mol. The van der Waals surface area contributed by atoms with Crippen molar-refractivity contribution in [1.82, 2.24) is 5.32 Å². The van der Waals surface area contributed by atoms with E-state index in [1.165, 1.54) is 6.92 Å². The van der Waals surface area contributed by atoms with E-state index in [2.05, 4.69) is 10.6 Å². The highest BCUT2D eigenvalue weighted by Gasteiger charge is 2.03. The van der Waals surface area contributed by atoms with Crippen LogP contribution in [0.2, 0.25) is 0 Å². The normalized spacial score (nSPS) is 9.85. The van der Waals surface area contributed by atoms with Crippen LogP contribution in [0.25, 0.3) is 0 Å². The molecule has 0 heterocycles. The molecule has 6 nitrogen and oxygen atoms in total. The minimum Gasteiger partial charge on any atom is -0.481 e. The summed E-state index contributed by atoms with van der Waals surface area (Å²) >= 11 is 0. The van der Waals surface area contributed by atoms with Gasteiger partial charge in [-0.25, -0.2) is 0 Å². The Morgan fingerprint density at radius 2 is 1.75 bits per heavy atom. The van der Waals surface area contributed by atoms with Crippen LogP contribution in [0.5, 0.6) is 0 Å². The molecule has 108 valence electrons. The third kappa shape index (κ3) is 6.53. The van der Waals surface area contributed by atoms with Crippen molar-refractivity contribution >= 4 is 23.5 Å². The fraction of sp³-hybridized carbons (Fsp3) is 0.357. The summed E-state index contributed by atoms with van der Waals surface area (Å²) in [6, 6.07) is 7.03. The van der Waals surface area contributed by atoms with Gasteiger partial charge in [0.05, 0.1) is 0 Å². The minimum absolute atomic E-state index is 0.0857. The van der Waals surface area contributed by atoms with Gasteiger partial charge in [0.15, 0.2) is 0 Å². The summed E-state index contributed by atoms with van der Waals surface area (Å²) in [6.07, 6.45) is 0.759. The van der Waals surface area contributed by atoms with Crippen LogP contribution in [0, 0.1) is 0 Å². The largest absolute Gasteiger partial charge is 0.481 e. The molecule has 1 rings (SSSR count). The Hall–Kier alpha value is -2.37. The number of carbonyl (C=O) groups excluding carboxylic acids is 2. The van der Waals surface area contributed by atoms with Crippen molar-refractivity contribution in [2.75, 3.05) is 11.9 Å². The molecule has 0 unspecified atom stereocenters. The van der Waals surface area contributed by atoms with Gasteiger partial charge in [-0.1, -0.05) is 12.1 Å². The molecule has 1 aromatic rings. The number of nitrogens with one attached hydrogen (secondary N) is 2. The summed E-state index contributed by atoms with van der Waals surface area (Å²) in [5.41, 5.74) is 1.56. The number of anilines is 1. The Morgan fingerprint density at radius 1 is 1.10 bits per heavy atom. The van der Waals surface area contributed by atoms with Crippen LogP contribution in [-0.4, -0.2) is 29.4 Å². The zero-order chi connectivity index (χ0) is 15.0. The first-order valence-electron chi connectivity index (χ1n) is 6.32. The van der Waals surface area contributed by atoms with E-state index in [9.17, 15) is 14.4 Å². The number of carboxylic acid groups (broad SMARTS) is 1. The quantitative estimate of drug-likeness (QED) is 0.697. The van der Waals surface area contributed by atoms with Crippen molar-refractivity contribution < 1.29 is 19.5 Å². The number of carboxylic acids is 1. The summed E-state index contributed by atoms with van der Waals surface area (Å²) < 4.78 is 0. The first-order chi connectivity index (χ1) is 9.47. The number of aliphatic carboxylic acids is 1. The van der Waals surface area contributed by atoms with E-state index in [0.29, 0.717) is 18.7 Å². The number of rotatable bonds is 7. The van der Waals surface area contributed by atoms with Gasteiger partial charge in [0.25, 0.3) is 0 Å². The zero-order valence-electron chi connectivity index (χ0n) is 11.3. The number of amides is 2. The van der Waals surface area contributed by atoms with Gasteiger partial charge in [-0.3, -0.25) is 14.4 Å². The highest BCUT2D eigenvalue weighted by molar-refractivity contribution is 5.91. The Labute approximate surface area is 117 Å². The van der Waals surface area contributed by atoms with Gasteiger partial charge in [0.2, 0.25) is 11.8 Å². The molecule has 0 aliphatic heterocycles. The lowest BCUT2D eigenvalue weighted by Crippen LogP contribution is -2.25. The molecule has 1 aromatic carbocycles. The molecule has 3 N–H and O–H groups in total. The standard InChI is InChI=1S/C14H18N2O4/c1-10(17)15-9-8-13(18)16-12-5-2-11(3-6-12)4-7-14(19)20/h2-3,5-6H,4,7-9H2,1H3,(H,15,17)(H,16,18)(H,19,20). The van der Waals surface area contributed by atoms with Gasteiger partial charge in [-0.2, -0.15) is 0 Å². The molecule has 0 fully saturated rings. The predicted molar refractivity (Wildman–Crippen MR) is 74.3 cm³/mol. The molecule has 0 saturated heterocycles. The Balaban J connectivity index is 2.38. The Bertz CT molecular complexity index is 482. The minimum atomic E-state index is -0.833. The van der Waals surface area contributed by atoms with Crippen molar-refractivity contribution in [2.24, 2.45) is 0 Å². The lowest BCUT2D eigenvalue weighted by atomic mass is 10.1. The number of hydrogen-bond donors (Lipinski definition) is 3. The van der Waals surface area contributed by atoms with Crippen LogP contribution in [0.1, 0.15) is 25.3 Å². The maximum atomic E-state index is 11.6. The van der Waals surface area contributed by atoms with Crippen LogP contribution in [-0.2, 0) is 20.8 Å². The van der Waals surface area contributed by atoms with Crippen molar-refractivity contribution in [1.29, 1.82) is 0 Å². The third-order valence-electron chi connectivity index (χ3n) is 2.59. The van der Waals surface area contributed by atoms with E-state index in [1.807, 2.05) is 0 Å². The zero-order valence-corrected chi connectivity index (χ0v) is 11.3. The third-order valence-corrected chi connectivity index (χ3v) is 2.59. The average molecular weight is 278 g/mol. The van der Waals surface area contributed by atoms with Crippen molar-refractivity contribution in [3.05, 3.63) is 29.8 Å². The van der Waals surface area contributed by atoms with E-state index >= 15 is 0 Å². The predicted octanol–water partition coefficient (Wildman–Crippen LogP) is 1.17. The van der Waals surface area contributed by atoms with Crippen LogP contribution < -0.4 is 10.6 Å². The number of carbonyl (C=O) groups is 3. The molecule has 0 saturated carbocycles. The maximum Gasteiger partial charge on any atom is 0.303 e. The number of benzene rings is 1. The molecule has 2 amide bonds. The molecule has 0 bridgehead atoms. The van der Waals surface area contributed by atoms with Crippen LogP contribution >= 0.6 is 0 Å². The average Bonchev–Trinajstić information content (AvgIpc) is 2.37. The van der Waals surface area contributed by atoms with E-state index in [1.54, 1.807) is 24.3 Å². The highest BCUT2D eigenvalue weighted by Crippen LogP contribution is 2.11. The van der Waals surface area contributed by atoms with E-state index in [0.717, 1.165) is 5.56 Å². The smallest absolute Gasteiger partial charge is 0.303 e. The second kappa shape index (κ2) is 7.93. The van der Waals surface area contributed by atoms with Crippen molar-refractivity contribution in [3.8, 4) is 0 Å². The summed E-state index contributed by atoms with van der Waals surface area (Å²) in [5.74, 6) is -1.18. The SMILES string of the molecule is CC(=O)NCCC(=O)Nc1ccc(CCC(=O)O)cc1. The van der Waals surface area contributed by atoms with E-state index in [-0.39, 0.29) is 24.7 Å². The summed E-state index contributed by atoms with van der Waals surface area (Å²) in [4.78, 5) is 32.6. The van der Waals surface area contributed by atoms with Gasteiger partial charge >= 0.3 is 5.97 Å². The monoisotopic (exact) mass is 278 g/mol. The van der Waals surface area contributed by atoms with Gasteiger partial charge < -0.3 is 15.7 Å². The Morgan fingerprint density at radius 3 is 2.30 bits per heavy atom. The summed E-state index contributed by atoms with van der Waals surface area (Å²) in [5, 5.41) is 13.8. The fourth-order valence-electron chi connectivity index (χ4n) is 1.58. The molecule has 0 aromatic heterocycles. The van der Waals surface area contributed by atoms with Gasteiger partial charge in [-0.05, 0) is 24.1 Å². The van der Waals surface area contributed by atoms with Gasteiger partial charge in [0.1, 0.15) is 0 Å². The van der Waals surface area contributed by atoms with Crippen LogP contribution in [0.3, 0.4) is 0 Å². The topological polar surface area (TPSA) is 95.5 Å². The lowest BCUT2D eigenvalue weighted by Gasteiger charge is -2.06. The molecule has 0 radical (unpaired) electrons. The summed E-state index contributed by atoms with van der Waals surface area (Å²) in [7, 11) is 0. The van der Waals surface area contributed by atoms with E-state index < -0.39 is 5.97 Å². The lowest BCUT2D eigenvalue weighted by molar-refractivity contribution is -0.137. The fourth-order valence-corrected chi connectivity index (χ4v) is 1.58. The number of hydrogen-bond acceptors (Lipinski definition) is 3. The van der Waals surface area contributed by atoms with Crippen molar-refractivity contribution in [2.45, 2.75) is 26.2 Å². The first kappa shape index (κ1) is 15.7. The molecule has 0 atom stereocenters. The number of aryl methyl sites for hydroxylation is 1. The molecule has 0 spiro atoms. The molecule has 6 heteroatoms. The maximum absolute atomic E-state index is 11.6. The molecule has 0 aliphatic rings. The van der Waals surface area contributed by atoms with E-state index in [4.69, 9.17) is 5.11 Å². The van der Waals surface area contributed by atoms with Crippen LogP contribution in [0.15, 0.2) is 24.3 Å². The molecule has 0 aliphatic carbocycles. The first-order valence-corrected chi connectivity index (χ1v) is 6.32. The summed E-state index contributed by atoms with van der Waals surface area (Å²) in [6.45, 7) is 1.70. The van der Waals surface area contributed by atoms with Crippen LogP contribution in [0.4, 0.5) is 5.69 Å². The molecule has 20 heavy (non-hydrogen) atoms.